The van der Waals surface area contributed by atoms with Gasteiger partial charge in [-0.3, -0.25) is 4.79 Å². The van der Waals surface area contributed by atoms with Gasteiger partial charge in [0.1, 0.15) is 6.61 Å². The highest BCUT2D eigenvalue weighted by Gasteiger charge is 2.27. The molecule has 0 aliphatic carbocycles. The third kappa shape index (κ3) is 4.11. The highest BCUT2D eigenvalue weighted by molar-refractivity contribution is 5.81. The molecule has 1 aliphatic rings. The first-order valence-corrected chi connectivity index (χ1v) is 7.22. The van der Waals surface area contributed by atoms with Crippen molar-refractivity contribution in [2.24, 2.45) is 5.41 Å². The molecule has 2 rings (SSSR count). The maximum Gasteiger partial charge on any atom is 0.264 e. The van der Waals surface area contributed by atoms with Crippen LogP contribution < -0.4 is 14.8 Å². The van der Waals surface area contributed by atoms with Crippen molar-refractivity contribution in [1.82, 2.24) is 5.32 Å². The molecule has 1 aliphatic heterocycles. The summed E-state index contributed by atoms with van der Waals surface area (Å²) in [6.45, 7) is 6.51. The summed E-state index contributed by atoms with van der Waals surface area (Å²) in [7, 11) is 0. The predicted octanol–water partition coefficient (Wildman–Crippen LogP) is 1.74. The molecular weight excluding hydrogens is 270 g/mol. The number of rotatable bonds is 4. The first kappa shape index (κ1) is 15.6. The molecule has 21 heavy (non-hydrogen) atoms. The van der Waals surface area contributed by atoms with Gasteiger partial charge in [0, 0.05) is 6.54 Å². The van der Waals surface area contributed by atoms with Gasteiger partial charge in [0.25, 0.3) is 5.91 Å². The molecule has 0 aromatic heterocycles. The van der Waals surface area contributed by atoms with E-state index >= 15 is 0 Å². The Hall–Kier alpha value is -1.75. The van der Waals surface area contributed by atoms with Gasteiger partial charge in [-0.05, 0) is 24.0 Å². The Morgan fingerprint density at radius 3 is 2.71 bits per heavy atom. The van der Waals surface area contributed by atoms with Crippen LogP contribution in [0, 0.1) is 5.41 Å². The number of hydrogen-bond donors (Lipinski definition) is 2. The molecule has 116 valence electrons. The van der Waals surface area contributed by atoms with E-state index < -0.39 is 12.2 Å². The molecule has 2 atom stereocenters. The highest BCUT2D eigenvalue weighted by Crippen LogP contribution is 2.30. The monoisotopic (exact) mass is 293 g/mol. The lowest BCUT2D eigenvalue weighted by molar-refractivity contribution is -0.130. The van der Waals surface area contributed by atoms with Gasteiger partial charge in [0.05, 0.1) is 6.10 Å². The van der Waals surface area contributed by atoms with Crippen LogP contribution in [0.4, 0.5) is 0 Å². The van der Waals surface area contributed by atoms with Gasteiger partial charge >= 0.3 is 0 Å². The van der Waals surface area contributed by atoms with E-state index in [9.17, 15) is 9.90 Å². The predicted molar refractivity (Wildman–Crippen MR) is 79.4 cm³/mol. The fraction of sp³-hybridized carbons (Fsp3) is 0.562. The van der Waals surface area contributed by atoms with Crippen LogP contribution in [0.3, 0.4) is 0 Å². The van der Waals surface area contributed by atoms with E-state index in [1.807, 2.05) is 39.0 Å². The summed E-state index contributed by atoms with van der Waals surface area (Å²) in [5.41, 5.74) is -0.186. The molecule has 1 heterocycles. The van der Waals surface area contributed by atoms with Gasteiger partial charge < -0.3 is 19.9 Å². The van der Waals surface area contributed by atoms with Crippen LogP contribution in [0.5, 0.6) is 11.5 Å². The first-order chi connectivity index (χ1) is 9.88. The summed E-state index contributed by atoms with van der Waals surface area (Å²) in [6.07, 6.45) is -0.590. The molecule has 5 heteroatoms. The largest absolute Gasteiger partial charge is 0.485 e. The van der Waals surface area contributed by atoms with Gasteiger partial charge in [0.15, 0.2) is 11.5 Å². The minimum Gasteiger partial charge on any atom is -0.485 e. The van der Waals surface area contributed by atoms with Crippen LogP contribution >= 0.6 is 0 Å². The zero-order valence-electron chi connectivity index (χ0n) is 12.8. The van der Waals surface area contributed by atoms with E-state index in [2.05, 4.69) is 5.32 Å². The van der Waals surface area contributed by atoms with Crippen molar-refractivity contribution in [1.29, 1.82) is 0 Å². The number of amides is 1. The Balaban J connectivity index is 1.80. The molecule has 0 saturated heterocycles. The molecule has 0 saturated carbocycles. The Morgan fingerprint density at radius 2 is 2.05 bits per heavy atom. The quantitative estimate of drug-likeness (QED) is 0.887. The normalized spacial score (nSPS) is 19.0. The van der Waals surface area contributed by atoms with Crippen molar-refractivity contribution in [2.45, 2.75) is 39.4 Å². The van der Waals surface area contributed by atoms with E-state index in [1.54, 1.807) is 6.07 Å². The molecule has 2 N–H and O–H groups in total. The van der Waals surface area contributed by atoms with Crippen molar-refractivity contribution < 1.29 is 19.4 Å². The van der Waals surface area contributed by atoms with Gasteiger partial charge in [-0.25, -0.2) is 0 Å². The third-order valence-electron chi connectivity index (χ3n) is 3.52. The van der Waals surface area contributed by atoms with E-state index in [0.29, 0.717) is 24.5 Å². The number of benzene rings is 1. The van der Waals surface area contributed by atoms with Crippen LogP contribution in [-0.2, 0) is 4.79 Å². The SMILES string of the molecule is CC(C)(C)C(O)CCNC(=O)C1COc2ccccc2O1. The summed E-state index contributed by atoms with van der Waals surface area (Å²) in [6, 6.07) is 7.28. The van der Waals surface area contributed by atoms with Gasteiger partial charge in [-0.15, -0.1) is 0 Å². The Morgan fingerprint density at radius 1 is 1.38 bits per heavy atom. The number of carbonyl (C=O) groups excluding carboxylic acids is 1. The minimum absolute atomic E-state index is 0.186. The fourth-order valence-corrected chi connectivity index (χ4v) is 2.03. The van der Waals surface area contributed by atoms with Gasteiger partial charge in [0.2, 0.25) is 6.10 Å². The van der Waals surface area contributed by atoms with Crippen molar-refractivity contribution in [2.75, 3.05) is 13.2 Å². The average Bonchev–Trinajstić information content (AvgIpc) is 2.45. The second-order valence-corrected chi connectivity index (χ2v) is 6.33. The summed E-state index contributed by atoms with van der Waals surface area (Å²) >= 11 is 0. The first-order valence-electron chi connectivity index (χ1n) is 7.22. The van der Waals surface area contributed by atoms with Crippen LogP contribution in [-0.4, -0.2) is 36.4 Å². The second kappa shape index (κ2) is 6.35. The standard InChI is InChI=1S/C16H23NO4/c1-16(2,3)14(18)8-9-17-15(19)13-10-20-11-6-4-5-7-12(11)21-13/h4-7,13-14,18H,8-10H2,1-3H3,(H,17,19). The maximum atomic E-state index is 12.0. The molecule has 2 unspecified atom stereocenters. The van der Waals surface area contributed by atoms with Crippen LogP contribution in [0.15, 0.2) is 24.3 Å². The molecule has 0 spiro atoms. The minimum atomic E-state index is -0.647. The van der Waals surface area contributed by atoms with Crippen LogP contribution in [0.2, 0.25) is 0 Å². The smallest absolute Gasteiger partial charge is 0.264 e. The summed E-state index contributed by atoms with van der Waals surface area (Å²) in [4.78, 5) is 12.0. The van der Waals surface area contributed by atoms with E-state index in [-0.39, 0.29) is 17.9 Å². The molecule has 0 bridgehead atoms. The zero-order chi connectivity index (χ0) is 15.5. The molecule has 5 nitrogen and oxygen atoms in total. The number of fused-ring (bicyclic) bond motifs is 1. The van der Waals surface area contributed by atoms with Gasteiger partial charge in [-0.1, -0.05) is 32.9 Å². The topological polar surface area (TPSA) is 67.8 Å². The molecule has 0 radical (unpaired) electrons. The summed E-state index contributed by atoms with van der Waals surface area (Å²) in [5, 5.41) is 12.7. The van der Waals surface area contributed by atoms with E-state index in [0.717, 1.165) is 0 Å². The fourth-order valence-electron chi connectivity index (χ4n) is 2.03. The lowest BCUT2D eigenvalue weighted by atomic mass is 9.87. The maximum absolute atomic E-state index is 12.0. The third-order valence-corrected chi connectivity index (χ3v) is 3.52. The Kier molecular flexibility index (Phi) is 4.73. The second-order valence-electron chi connectivity index (χ2n) is 6.33. The number of aliphatic hydroxyl groups is 1. The number of aliphatic hydroxyl groups excluding tert-OH is 1. The van der Waals surface area contributed by atoms with E-state index in [1.165, 1.54) is 0 Å². The molecule has 0 fully saturated rings. The average molecular weight is 293 g/mol. The van der Waals surface area contributed by atoms with E-state index in [4.69, 9.17) is 9.47 Å². The molecule has 1 aromatic rings. The number of ether oxygens (including phenoxy) is 2. The van der Waals surface area contributed by atoms with Crippen LogP contribution in [0.25, 0.3) is 0 Å². The molecule has 1 amide bonds. The molecular formula is C16H23NO4. The van der Waals surface area contributed by atoms with Gasteiger partial charge in [-0.2, -0.15) is 0 Å². The summed E-state index contributed by atoms with van der Waals surface area (Å²) < 4.78 is 11.1. The van der Waals surface area contributed by atoms with Crippen molar-refractivity contribution in [3.8, 4) is 11.5 Å². The lowest BCUT2D eigenvalue weighted by Gasteiger charge is -2.27. The van der Waals surface area contributed by atoms with Crippen molar-refractivity contribution in [3.63, 3.8) is 0 Å². The van der Waals surface area contributed by atoms with Crippen LogP contribution in [0.1, 0.15) is 27.2 Å². The Labute approximate surface area is 125 Å². The number of nitrogens with one attached hydrogen (secondary N) is 1. The van der Waals surface area contributed by atoms with Crippen molar-refractivity contribution in [3.05, 3.63) is 24.3 Å². The zero-order valence-corrected chi connectivity index (χ0v) is 12.8. The highest BCUT2D eigenvalue weighted by atomic mass is 16.6. The molecule has 1 aromatic carbocycles. The summed E-state index contributed by atoms with van der Waals surface area (Å²) in [5.74, 6) is 1.02. The number of hydrogen-bond acceptors (Lipinski definition) is 4. The number of carbonyl (C=O) groups is 1. The van der Waals surface area contributed by atoms with Crippen molar-refractivity contribution >= 4 is 5.91 Å². The Bertz CT molecular complexity index is 495. The number of para-hydroxylation sites is 2. The lowest BCUT2D eigenvalue weighted by Crippen LogP contribution is -2.45.